The van der Waals surface area contributed by atoms with E-state index in [1.165, 1.54) is 15.6 Å². The summed E-state index contributed by atoms with van der Waals surface area (Å²) in [5.74, 6) is 0. The van der Waals surface area contributed by atoms with Gasteiger partial charge in [0.15, 0.2) is 0 Å². The van der Waals surface area contributed by atoms with Gasteiger partial charge in [-0.3, -0.25) is 5.26 Å². The number of rotatable bonds is 6. The number of alkyl carbamates (subject to hydrolysis) is 1. The van der Waals surface area contributed by atoms with E-state index in [1.54, 1.807) is 11.3 Å². The first-order valence-electron chi connectivity index (χ1n) is 7.60. The molecule has 0 radical (unpaired) electrons. The van der Waals surface area contributed by atoms with E-state index in [2.05, 4.69) is 27.7 Å². The normalized spacial score (nSPS) is 13.0. The van der Waals surface area contributed by atoms with Gasteiger partial charge in [0.25, 0.3) is 0 Å². The minimum Gasteiger partial charge on any atom is -0.444 e. The maximum Gasteiger partial charge on any atom is 0.407 e. The summed E-state index contributed by atoms with van der Waals surface area (Å²) in [4.78, 5) is 16.2. The number of hydrogen-bond acceptors (Lipinski definition) is 5. The molecule has 23 heavy (non-hydrogen) atoms. The van der Waals surface area contributed by atoms with Crippen molar-refractivity contribution >= 4 is 27.5 Å². The first-order valence-corrected chi connectivity index (χ1v) is 8.48. The van der Waals surface area contributed by atoms with E-state index in [-0.39, 0.29) is 12.6 Å². The third-order valence-electron chi connectivity index (χ3n) is 3.31. The second-order valence-electron chi connectivity index (χ2n) is 6.43. The third-order valence-corrected chi connectivity index (χ3v) is 4.32. The van der Waals surface area contributed by atoms with Gasteiger partial charge in [0.1, 0.15) is 5.60 Å². The number of fused-ring (bicyclic) bond motifs is 1. The summed E-state index contributed by atoms with van der Waals surface area (Å²) in [5, 5.41) is 14.8. The Kier molecular flexibility index (Phi) is 5.98. The SMILES string of the molecule is CC(C)(C)OC(=O)N[C@@H](CCOO)Cc1csc2ccccc12. The lowest BCUT2D eigenvalue weighted by Crippen LogP contribution is -2.40. The number of hydrogen-bond donors (Lipinski definition) is 2. The summed E-state index contributed by atoms with van der Waals surface area (Å²) in [7, 11) is 0. The molecule has 0 saturated carbocycles. The van der Waals surface area contributed by atoms with Crippen LogP contribution in [0.2, 0.25) is 0 Å². The second kappa shape index (κ2) is 7.77. The second-order valence-corrected chi connectivity index (χ2v) is 7.34. The van der Waals surface area contributed by atoms with Crippen LogP contribution in [-0.4, -0.2) is 29.6 Å². The first-order chi connectivity index (χ1) is 10.9. The molecule has 0 bridgehead atoms. The number of ether oxygens (including phenoxy) is 1. The van der Waals surface area contributed by atoms with Crippen molar-refractivity contribution in [1.29, 1.82) is 0 Å². The molecule has 6 heteroatoms. The predicted molar refractivity (Wildman–Crippen MR) is 91.9 cm³/mol. The zero-order valence-electron chi connectivity index (χ0n) is 13.7. The van der Waals surface area contributed by atoms with Gasteiger partial charge >= 0.3 is 6.09 Å². The van der Waals surface area contributed by atoms with Crippen molar-refractivity contribution in [3.05, 3.63) is 35.2 Å². The Labute approximate surface area is 140 Å². The minimum absolute atomic E-state index is 0.155. The maximum atomic E-state index is 12.0. The summed E-state index contributed by atoms with van der Waals surface area (Å²) >= 11 is 1.68. The van der Waals surface area contributed by atoms with Crippen molar-refractivity contribution in [3.63, 3.8) is 0 Å². The summed E-state index contributed by atoms with van der Waals surface area (Å²) in [5.41, 5.74) is 0.626. The highest BCUT2D eigenvalue weighted by Gasteiger charge is 2.20. The van der Waals surface area contributed by atoms with E-state index < -0.39 is 11.7 Å². The summed E-state index contributed by atoms with van der Waals surface area (Å²) < 4.78 is 6.52. The first kappa shape index (κ1) is 17.7. The maximum absolute atomic E-state index is 12.0. The molecule has 0 saturated heterocycles. The Balaban J connectivity index is 2.07. The molecule has 0 spiro atoms. The molecule has 5 nitrogen and oxygen atoms in total. The fourth-order valence-corrected chi connectivity index (χ4v) is 3.33. The van der Waals surface area contributed by atoms with Crippen LogP contribution in [0.3, 0.4) is 0 Å². The molecule has 0 aliphatic carbocycles. The molecule has 1 amide bonds. The molecule has 126 valence electrons. The van der Waals surface area contributed by atoms with E-state index >= 15 is 0 Å². The van der Waals surface area contributed by atoms with Gasteiger partial charge in [-0.1, -0.05) is 18.2 Å². The average Bonchev–Trinajstić information content (AvgIpc) is 2.86. The third kappa shape index (κ3) is 5.49. The fourth-order valence-electron chi connectivity index (χ4n) is 2.35. The summed E-state index contributed by atoms with van der Waals surface area (Å²) in [6.45, 7) is 5.63. The lowest BCUT2D eigenvalue weighted by Gasteiger charge is -2.23. The van der Waals surface area contributed by atoms with Gasteiger partial charge < -0.3 is 10.1 Å². The molecule has 0 aliphatic rings. The Hall–Kier alpha value is -1.63. The number of nitrogens with one attached hydrogen (secondary N) is 1. The number of carbonyl (C=O) groups excluding carboxylic acids is 1. The van der Waals surface area contributed by atoms with Crippen molar-refractivity contribution in [2.75, 3.05) is 6.61 Å². The lowest BCUT2D eigenvalue weighted by atomic mass is 10.0. The van der Waals surface area contributed by atoms with Crippen LogP contribution in [0.4, 0.5) is 4.79 Å². The Morgan fingerprint density at radius 1 is 1.35 bits per heavy atom. The largest absolute Gasteiger partial charge is 0.444 e. The van der Waals surface area contributed by atoms with Crippen LogP contribution in [0, 0.1) is 0 Å². The number of benzene rings is 1. The van der Waals surface area contributed by atoms with E-state index in [0.717, 1.165) is 0 Å². The zero-order chi connectivity index (χ0) is 16.9. The smallest absolute Gasteiger partial charge is 0.407 e. The molecule has 1 atom stereocenters. The van der Waals surface area contributed by atoms with Crippen molar-refractivity contribution in [1.82, 2.24) is 5.32 Å². The highest BCUT2D eigenvalue weighted by molar-refractivity contribution is 7.17. The summed E-state index contributed by atoms with van der Waals surface area (Å²) in [6.07, 6.45) is 0.701. The van der Waals surface area contributed by atoms with Gasteiger partial charge in [-0.2, -0.15) is 0 Å². The molecule has 2 aromatic rings. The molecule has 2 N–H and O–H groups in total. The van der Waals surface area contributed by atoms with Crippen molar-refractivity contribution in [2.24, 2.45) is 0 Å². The average molecular weight is 337 g/mol. The van der Waals surface area contributed by atoms with E-state index in [1.807, 2.05) is 32.9 Å². The highest BCUT2D eigenvalue weighted by Crippen LogP contribution is 2.27. The van der Waals surface area contributed by atoms with Gasteiger partial charge in [0.2, 0.25) is 0 Å². The molecule has 1 aromatic carbocycles. The fraction of sp³-hybridized carbons (Fsp3) is 0.471. The van der Waals surface area contributed by atoms with Crippen molar-refractivity contribution in [3.8, 4) is 0 Å². The molecule has 0 unspecified atom stereocenters. The van der Waals surface area contributed by atoms with Crippen LogP contribution in [0.15, 0.2) is 29.6 Å². The van der Waals surface area contributed by atoms with Gasteiger partial charge in [-0.25, -0.2) is 9.68 Å². The monoisotopic (exact) mass is 337 g/mol. The van der Waals surface area contributed by atoms with Crippen LogP contribution >= 0.6 is 11.3 Å². The van der Waals surface area contributed by atoms with Crippen LogP contribution in [0.25, 0.3) is 10.1 Å². The van der Waals surface area contributed by atoms with Gasteiger partial charge in [-0.15, -0.1) is 11.3 Å². The lowest BCUT2D eigenvalue weighted by molar-refractivity contribution is -0.243. The van der Waals surface area contributed by atoms with Crippen LogP contribution in [0.1, 0.15) is 32.8 Å². The number of carbonyl (C=O) groups is 1. The molecular weight excluding hydrogens is 314 g/mol. The Morgan fingerprint density at radius 2 is 2.09 bits per heavy atom. The van der Waals surface area contributed by atoms with Crippen molar-refractivity contribution < 1.29 is 19.7 Å². The molecule has 0 aliphatic heterocycles. The van der Waals surface area contributed by atoms with Gasteiger partial charge in [0.05, 0.1) is 6.61 Å². The molecule has 0 fully saturated rings. The van der Waals surface area contributed by atoms with Crippen LogP contribution < -0.4 is 5.32 Å². The van der Waals surface area contributed by atoms with Crippen LogP contribution in [0.5, 0.6) is 0 Å². The van der Waals surface area contributed by atoms with Crippen molar-refractivity contribution in [2.45, 2.75) is 45.3 Å². The Morgan fingerprint density at radius 3 is 2.78 bits per heavy atom. The van der Waals surface area contributed by atoms with E-state index in [9.17, 15) is 4.79 Å². The summed E-state index contributed by atoms with van der Waals surface area (Å²) in [6, 6.07) is 8.00. The Bertz CT molecular complexity index is 647. The van der Waals surface area contributed by atoms with E-state index in [4.69, 9.17) is 9.99 Å². The molecular formula is C17H23NO4S. The number of amides is 1. The molecule has 2 rings (SSSR count). The number of thiophene rings is 1. The quantitative estimate of drug-likeness (QED) is 0.612. The standard InChI is InChI=1S/C17H23NO4S/c1-17(2,3)22-16(19)18-13(8-9-21-20)10-12-11-23-15-7-5-4-6-14(12)15/h4-7,11,13,20H,8-10H2,1-3H3,(H,18,19)/t13-/m0/s1. The van der Waals surface area contributed by atoms with Crippen LogP contribution in [-0.2, 0) is 16.0 Å². The van der Waals surface area contributed by atoms with E-state index in [0.29, 0.717) is 12.8 Å². The molecule has 1 aromatic heterocycles. The topological polar surface area (TPSA) is 67.8 Å². The van der Waals surface area contributed by atoms with Gasteiger partial charge in [-0.05, 0) is 56.0 Å². The van der Waals surface area contributed by atoms with Gasteiger partial charge in [0, 0.05) is 10.7 Å². The molecule has 1 heterocycles. The zero-order valence-corrected chi connectivity index (χ0v) is 14.5. The minimum atomic E-state index is -0.544. The highest BCUT2D eigenvalue weighted by atomic mass is 32.1. The predicted octanol–water partition coefficient (Wildman–Crippen LogP) is 4.22.